The van der Waals surface area contributed by atoms with Crippen LogP contribution in [0.25, 0.3) is 0 Å². The lowest BCUT2D eigenvalue weighted by atomic mass is 10.3. The molecule has 0 bridgehead atoms. The normalized spacial score (nSPS) is 11.9. The van der Waals surface area contributed by atoms with Gasteiger partial charge in [0.2, 0.25) is 0 Å². The lowest BCUT2D eigenvalue weighted by molar-refractivity contribution is -0.141. The zero-order chi connectivity index (χ0) is 13.2. The van der Waals surface area contributed by atoms with Crippen molar-refractivity contribution in [3.05, 3.63) is 20.8 Å². The number of H-pyrrole nitrogens is 1. The average Bonchev–Trinajstić information content (AvgIpc) is 2.30. The number of nitrogens with zero attached hydrogens (tertiary/aromatic N) is 1. The fourth-order valence-corrected chi connectivity index (χ4v) is 1.23. The highest BCUT2D eigenvalue weighted by Gasteiger charge is 2.17. The van der Waals surface area contributed by atoms with Crippen LogP contribution >= 0.6 is 0 Å². The number of nitrogens with two attached hydrogens (primary N) is 1. The molecule has 1 heterocycles. The molecule has 0 aliphatic carbocycles. The van der Waals surface area contributed by atoms with Crippen molar-refractivity contribution in [3.63, 3.8) is 0 Å². The third kappa shape index (κ3) is 2.47. The van der Waals surface area contributed by atoms with Gasteiger partial charge in [0.25, 0.3) is 5.56 Å². The summed E-state index contributed by atoms with van der Waals surface area (Å²) >= 11 is 0. The molecule has 1 atom stereocenters. The topological polar surface area (TPSA) is 119 Å². The second kappa shape index (κ2) is 4.73. The smallest absolute Gasteiger partial charge is 0.329 e. The van der Waals surface area contributed by atoms with Crippen LogP contribution in [0, 0.1) is 0 Å². The maximum atomic E-state index is 11.7. The number of carbonyl (C=O) groups excluding carboxylic acids is 1. The molecule has 1 unspecified atom stereocenters. The molecular weight excluding hydrogens is 228 g/mol. The van der Waals surface area contributed by atoms with Gasteiger partial charge in [-0.15, -0.1) is 0 Å². The molecule has 1 aromatic rings. The van der Waals surface area contributed by atoms with Crippen molar-refractivity contribution in [1.29, 1.82) is 0 Å². The number of esters is 1. The summed E-state index contributed by atoms with van der Waals surface area (Å²) in [6.45, 7) is 1.51. The highest BCUT2D eigenvalue weighted by atomic mass is 16.5. The van der Waals surface area contributed by atoms with E-state index in [4.69, 9.17) is 5.73 Å². The molecule has 0 aliphatic rings. The molecule has 0 saturated carbocycles. The molecule has 0 aromatic carbocycles. The molecule has 8 heteroatoms. The van der Waals surface area contributed by atoms with Gasteiger partial charge >= 0.3 is 11.7 Å². The maximum Gasteiger partial charge on any atom is 0.329 e. The summed E-state index contributed by atoms with van der Waals surface area (Å²) < 4.78 is 5.34. The molecule has 0 spiro atoms. The fourth-order valence-electron chi connectivity index (χ4n) is 1.23. The summed E-state index contributed by atoms with van der Waals surface area (Å²) in [5.41, 5.74) is 4.23. The monoisotopic (exact) mass is 242 g/mol. The van der Waals surface area contributed by atoms with Crippen LogP contribution in [0.1, 0.15) is 6.92 Å². The summed E-state index contributed by atoms with van der Waals surface area (Å²) in [4.78, 5) is 36.4. The summed E-state index contributed by atoms with van der Waals surface area (Å²) in [7, 11) is 2.53. The van der Waals surface area contributed by atoms with E-state index in [-0.39, 0.29) is 11.5 Å². The number of aromatic nitrogens is 2. The average molecular weight is 242 g/mol. The Labute approximate surface area is 96.4 Å². The van der Waals surface area contributed by atoms with Gasteiger partial charge in [-0.2, -0.15) is 0 Å². The van der Waals surface area contributed by atoms with E-state index < -0.39 is 23.3 Å². The molecule has 0 fully saturated rings. The van der Waals surface area contributed by atoms with Gasteiger partial charge < -0.3 is 15.8 Å². The minimum atomic E-state index is -0.749. The van der Waals surface area contributed by atoms with Gasteiger partial charge in [0.15, 0.2) is 0 Å². The number of nitrogen functional groups attached to an aromatic ring is 1. The Morgan fingerprint density at radius 2 is 2.12 bits per heavy atom. The Kier molecular flexibility index (Phi) is 3.56. The van der Waals surface area contributed by atoms with E-state index in [9.17, 15) is 14.4 Å². The first kappa shape index (κ1) is 12.8. The lowest BCUT2D eigenvalue weighted by Gasteiger charge is -2.14. The third-order valence-electron chi connectivity index (χ3n) is 2.25. The summed E-state index contributed by atoms with van der Waals surface area (Å²) in [6.07, 6.45) is 0. The molecule has 0 radical (unpaired) electrons. The molecule has 0 saturated heterocycles. The fraction of sp³-hybridized carbons (Fsp3) is 0.444. The van der Waals surface area contributed by atoms with E-state index in [1.807, 2.05) is 0 Å². The second-order valence-corrected chi connectivity index (χ2v) is 3.47. The van der Waals surface area contributed by atoms with Crippen LogP contribution in [-0.4, -0.2) is 28.7 Å². The highest BCUT2D eigenvalue weighted by molar-refractivity contribution is 5.79. The number of ether oxygens (including phenoxy) is 1. The van der Waals surface area contributed by atoms with Crippen molar-refractivity contribution < 1.29 is 9.53 Å². The van der Waals surface area contributed by atoms with E-state index >= 15 is 0 Å². The second-order valence-electron chi connectivity index (χ2n) is 3.47. The van der Waals surface area contributed by atoms with E-state index in [1.165, 1.54) is 21.1 Å². The van der Waals surface area contributed by atoms with Crippen molar-refractivity contribution in [2.24, 2.45) is 7.05 Å². The van der Waals surface area contributed by atoms with Crippen molar-refractivity contribution in [1.82, 2.24) is 9.55 Å². The number of carbonyl (C=O) groups is 1. The van der Waals surface area contributed by atoms with Crippen molar-refractivity contribution in [2.75, 3.05) is 18.2 Å². The van der Waals surface area contributed by atoms with E-state index in [0.29, 0.717) is 0 Å². The highest BCUT2D eigenvalue weighted by Crippen LogP contribution is 2.08. The first-order chi connectivity index (χ1) is 7.88. The number of nitrogens with one attached hydrogen (secondary N) is 2. The van der Waals surface area contributed by atoms with Crippen LogP contribution in [0.3, 0.4) is 0 Å². The molecule has 0 amide bonds. The third-order valence-corrected chi connectivity index (χ3v) is 2.25. The Morgan fingerprint density at radius 1 is 1.53 bits per heavy atom. The zero-order valence-electron chi connectivity index (χ0n) is 9.73. The zero-order valence-corrected chi connectivity index (χ0v) is 9.73. The van der Waals surface area contributed by atoms with Crippen molar-refractivity contribution in [3.8, 4) is 0 Å². The summed E-state index contributed by atoms with van der Waals surface area (Å²) in [5.74, 6) is -0.661. The first-order valence-corrected chi connectivity index (χ1v) is 4.81. The van der Waals surface area contributed by atoms with Crippen LogP contribution in [0.4, 0.5) is 11.5 Å². The molecule has 8 nitrogen and oxygen atoms in total. The molecule has 1 rings (SSSR count). The van der Waals surface area contributed by atoms with Gasteiger partial charge in [0.1, 0.15) is 17.5 Å². The standard InChI is InChI=1S/C9H14N4O4/c1-4(8(15)17-3)11-5-6(10)12-9(16)13(2)7(5)14/h4,11H,10H2,1-3H3,(H,12,16). The predicted molar refractivity (Wildman–Crippen MR) is 61.8 cm³/mol. The van der Waals surface area contributed by atoms with Crippen LogP contribution < -0.4 is 22.3 Å². The Morgan fingerprint density at radius 3 is 2.65 bits per heavy atom. The Bertz CT molecular complexity index is 545. The van der Waals surface area contributed by atoms with Crippen molar-refractivity contribution in [2.45, 2.75) is 13.0 Å². The minimum absolute atomic E-state index is 0.0370. The SMILES string of the molecule is COC(=O)C(C)Nc1c(N)[nH]c(=O)n(C)c1=O. The number of methoxy groups -OCH3 is 1. The molecule has 0 aliphatic heterocycles. The quantitative estimate of drug-likeness (QED) is 0.562. The van der Waals surface area contributed by atoms with Crippen molar-refractivity contribution >= 4 is 17.5 Å². The van der Waals surface area contributed by atoms with Gasteiger partial charge in [-0.1, -0.05) is 0 Å². The Balaban J connectivity index is 3.16. The van der Waals surface area contributed by atoms with Gasteiger partial charge in [0, 0.05) is 7.05 Å². The van der Waals surface area contributed by atoms with Gasteiger partial charge in [-0.25, -0.2) is 9.59 Å². The molecule has 1 aromatic heterocycles. The van der Waals surface area contributed by atoms with Crippen LogP contribution in [0.5, 0.6) is 0 Å². The minimum Gasteiger partial charge on any atom is -0.467 e. The number of hydrogen-bond donors (Lipinski definition) is 3. The maximum absolute atomic E-state index is 11.7. The first-order valence-electron chi connectivity index (χ1n) is 4.81. The van der Waals surface area contributed by atoms with E-state index in [1.54, 1.807) is 0 Å². The Hall–Kier alpha value is -2.25. The van der Waals surface area contributed by atoms with Gasteiger partial charge in [-0.05, 0) is 6.92 Å². The van der Waals surface area contributed by atoms with Gasteiger partial charge in [-0.3, -0.25) is 14.3 Å². The molecule has 94 valence electrons. The molecule has 4 N–H and O–H groups in total. The van der Waals surface area contributed by atoms with Gasteiger partial charge in [0.05, 0.1) is 7.11 Å². The van der Waals surface area contributed by atoms with Crippen LogP contribution in [0.15, 0.2) is 9.59 Å². The largest absolute Gasteiger partial charge is 0.467 e. The van der Waals surface area contributed by atoms with Crippen LogP contribution in [-0.2, 0) is 16.6 Å². The van der Waals surface area contributed by atoms with Crippen LogP contribution in [0.2, 0.25) is 0 Å². The number of aromatic amines is 1. The number of rotatable bonds is 3. The number of hydrogen-bond acceptors (Lipinski definition) is 6. The van der Waals surface area contributed by atoms with E-state index in [2.05, 4.69) is 15.0 Å². The van der Waals surface area contributed by atoms with E-state index in [0.717, 1.165) is 4.57 Å². The summed E-state index contributed by atoms with van der Waals surface area (Å²) in [5, 5.41) is 2.59. The molecule has 17 heavy (non-hydrogen) atoms. The number of anilines is 2. The summed E-state index contributed by atoms with van der Waals surface area (Å²) in [6, 6.07) is -0.749. The predicted octanol–water partition coefficient (Wildman–Crippen LogP) is -1.37. The molecular formula is C9H14N4O4. The lowest BCUT2D eigenvalue weighted by Crippen LogP contribution is -2.38.